The number of carbonyl (C=O) groups excluding carboxylic acids is 2. The first-order chi connectivity index (χ1) is 9.73. The molecule has 1 rings (SSSR count). The van der Waals surface area contributed by atoms with Crippen LogP contribution in [-0.2, 0) is 4.79 Å². The standard InChI is InChI=1S/C13H15BrO7/c14-13(21,12(20)10(18)8(16)6-15)11(19)9(17)7-4-2-1-3-5-7/h1-5,8,10,12,15-16,18,20-21H,6H2/t8-,10-,12+,13+/m1/s1. The number of carbonyl (C=O) groups is 2. The largest absolute Gasteiger partial charge is 0.394 e. The highest BCUT2D eigenvalue weighted by atomic mass is 79.9. The van der Waals surface area contributed by atoms with E-state index in [0.29, 0.717) is 0 Å². The molecular weight excluding hydrogens is 348 g/mol. The van der Waals surface area contributed by atoms with E-state index >= 15 is 0 Å². The van der Waals surface area contributed by atoms with Gasteiger partial charge in [0.05, 0.1) is 6.61 Å². The van der Waals surface area contributed by atoms with Gasteiger partial charge in [-0.2, -0.15) is 0 Å². The van der Waals surface area contributed by atoms with Crippen molar-refractivity contribution in [3.63, 3.8) is 0 Å². The number of rotatable bonds is 7. The van der Waals surface area contributed by atoms with Crippen molar-refractivity contribution in [1.82, 2.24) is 0 Å². The SMILES string of the molecule is O=C(C(=O)[C@@](O)(Br)[C@@H](O)[C@H](O)[C@H](O)CO)c1ccccc1. The molecule has 7 nitrogen and oxygen atoms in total. The quantitative estimate of drug-likeness (QED) is 0.228. The molecule has 0 fully saturated rings. The van der Waals surface area contributed by atoms with Gasteiger partial charge < -0.3 is 25.5 Å². The third-order valence-corrected chi connectivity index (χ3v) is 3.69. The van der Waals surface area contributed by atoms with Crippen LogP contribution in [0.5, 0.6) is 0 Å². The summed E-state index contributed by atoms with van der Waals surface area (Å²) in [5.74, 6) is -2.50. The van der Waals surface area contributed by atoms with E-state index in [1.807, 2.05) is 0 Å². The lowest BCUT2D eigenvalue weighted by Crippen LogP contribution is -2.56. The number of hydrogen-bond acceptors (Lipinski definition) is 7. The van der Waals surface area contributed by atoms with E-state index < -0.39 is 41.0 Å². The number of benzene rings is 1. The predicted molar refractivity (Wildman–Crippen MR) is 74.8 cm³/mol. The van der Waals surface area contributed by atoms with Gasteiger partial charge in [0.25, 0.3) is 0 Å². The highest BCUT2D eigenvalue weighted by Gasteiger charge is 2.48. The Bertz CT molecular complexity index is 503. The van der Waals surface area contributed by atoms with E-state index in [4.69, 9.17) is 5.11 Å². The van der Waals surface area contributed by atoms with Crippen LogP contribution in [0.15, 0.2) is 30.3 Å². The van der Waals surface area contributed by atoms with Gasteiger partial charge in [-0.05, 0) is 15.9 Å². The topological polar surface area (TPSA) is 135 Å². The van der Waals surface area contributed by atoms with Gasteiger partial charge in [-0.1, -0.05) is 30.3 Å². The van der Waals surface area contributed by atoms with Crippen LogP contribution in [0.3, 0.4) is 0 Å². The fraction of sp³-hybridized carbons (Fsp3) is 0.385. The normalized spacial score (nSPS) is 18.4. The van der Waals surface area contributed by atoms with Crippen LogP contribution in [0.4, 0.5) is 0 Å². The van der Waals surface area contributed by atoms with Gasteiger partial charge >= 0.3 is 0 Å². The molecule has 0 radical (unpaired) electrons. The zero-order chi connectivity index (χ0) is 16.2. The molecule has 1 aromatic carbocycles. The Morgan fingerprint density at radius 2 is 1.67 bits per heavy atom. The summed E-state index contributed by atoms with van der Waals surface area (Å²) < 4.78 is -2.80. The minimum Gasteiger partial charge on any atom is -0.394 e. The van der Waals surface area contributed by atoms with Crippen molar-refractivity contribution in [2.45, 2.75) is 22.8 Å². The third-order valence-electron chi connectivity index (χ3n) is 2.86. The van der Waals surface area contributed by atoms with Crippen LogP contribution in [0.1, 0.15) is 10.4 Å². The molecule has 21 heavy (non-hydrogen) atoms. The third kappa shape index (κ3) is 3.94. The second-order valence-corrected chi connectivity index (χ2v) is 5.59. The molecule has 0 amide bonds. The van der Waals surface area contributed by atoms with Crippen molar-refractivity contribution in [3.8, 4) is 0 Å². The summed E-state index contributed by atoms with van der Waals surface area (Å²) in [4.78, 5) is 23.9. The van der Waals surface area contributed by atoms with E-state index in [2.05, 4.69) is 15.9 Å². The minimum absolute atomic E-state index is 0.00947. The number of aliphatic hydroxyl groups is 5. The minimum atomic E-state index is -2.80. The molecule has 0 saturated carbocycles. The summed E-state index contributed by atoms with van der Waals surface area (Å²) in [7, 11) is 0. The smallest absolute Gasteiger partial charge is 0.248 e. The summed E-state index contributed by atoms with van der Waals surface area (Å²) in [6, 6.07) is 7.32. The first-order valence-corrected chi connectivity index (χ1v) is 6.73. The Kier molecular flexibility index (Phi) is 6.14. The van der Waals surface area contributed by atoms with Gasteiger partial charge in [-0.25, -0.2) is 0 Å². The van der Waals surface area contributed by atoms with Crippen molar-refractivity contribution in [2.24, 2.45) is 0 Å². The number of halogens is 1. The Morgan fingerprint density at radius 3 is 2.14 bits per heavy atom. The number of aliphatic hydroxyl groups excluding tert-OH is 4. The van der Waals surface area contributed by atoms with E-state index in [0.717, 1.165) is 0 Å². The summed E-state index contributed by atoms with van der Waals surface area (Å²) in [5.41, 5.74) is -0.00947. The summed E-state index contributed by atoms with van der Waals surface area (Å²) >= 11 is 2.49. The molecule has 0 heterocycles. The van der Waals surface area contributed by atoms with Crippen molar-refractivity contribution in [3.05, 3.63) is 35.9 Å². The maximum atomic E-state index is 12.0. The molecule has 0 aliphatic rings. The monoisotopic (exact) mass is 362 g/mol. The Morgan fingerprint density at radius 1 is 1.14 bits per heavy atom. The highest BCUT2D eigenvalue weighted by molar-refractivity contribution is 9.10. The van der Waals surface area contributed by atoms with Crippen LogP contribution >= 0.6 is 15.9 Å². The van der Waals surface area contributed by atoms with Crippen molar-refractivity contribution < 1.29 is 35.1 Å². The van der Waals surface area contributed by atoms with Gasteiger partial charge in [0.15, 0.2) is 0 Å². The summed E-state index contributed by atoms with van der Waals surface area (Å²) in [6.07, 6.45) is -6.05. The molecule has 0 unspecified atom stereocenters. The second kappa shape index (κ2) is 7.21. The van der Waals surface area contributed by atoms with Gasteiger partial charge in [0, 0.05) is 5.56 Å². The predicted octanol–water partition coefficient (Wildman–Crippen LogP) is -1.40. The molecular formula is C13H15BrO7. The van der Waals surface area contributed by atoms with E-state index in [1.165, 1.54) is 24.3 Å². The molecule has 116 valence electrons. The lowest BCUT2D eigenvalue weighted by molar-refractivity contribution is -0.148. The van der Waals surface area contributed by atoms with E-state index in [9.17, 15) is 30.0 Å². The van der Waals surface area contributed by atoms with Crippen LogP contribution in [0.25, 0.3) is 0 Å². The molecule has 0 aliphatic heterocycles. The van der Waals surface area contributed by atoms with Crippen molar-refractivity contribution in [2.75, 3.05) is 6.61 Å². The molecule has 5 N–H and O–H groups in total. The van der Waals surface area contributed by atoms with E-state index in [1.54, 1.807) is 6.07 Å². The Hall–Kier alpha value is -1.16. The average molecular weight is 363 g/mol. The van der Waals surface area contributed by atoms with E-state index in [-0.39, 0.29) is 5.56 Å². The Labute approximate surface area is 128 Å². The van der Waals surface area contributed by atoms with Gasteiger partial charge in [0.1, 0.15) is 18.3 Å². The zero-order valence-electron chi connectivity index (χ0n) is 10.8. The van der Waals surface area contributed by atoms with Crippen molar-refractivity contribution in [1.29, 1.82) is 0 Å². The fourth-order valence-corrected chi connectivity index (χ4v) is 2.01. The first-order valence-electron chi connectivity index (χ1n) is 5.94. The maximum Gasteiger partial charge on any atom is 0.248 e. The molecule has 0 saturated heterocycles. The molecule has 1 aromatic rings. The molecule has 0 bridgehead atoms. The lowest BCUT2D eigenvalue weighted by atomic mass is 9.96. The number of alkyl halides is 1. The summed E-state index contributed by atoms with van der Waals surface area (Å²) in [5, 5.41) is 47.1. The van der Waals surface area contributed by atoms with Crippen LogP contribution < -0.4 is 0 Å². The van der Waals surface area contributed by atoms with Crippen molar-refractivity contribution >= 4 is 27.5 Å². The molecule has 8 heteroatoms. The van der Waals surface area contributed by atoms with Gasteiger partial charge in [-0.15, -0.1) is 0 Å². The first kappa shape index (κ1) is 17.9. The number of hydrogen-bond donors (Lipinski definition) is 5. The average Bonchev–Trinajstić information content (AvgIpc) is 2.51. The van der Waals surface area contributed by atoms with Crippen LogP contribution in [0, 0.1) is 0 Å². The molecule has 4 atom stereocenters. The van der Waals surface area contributed by atoms with Gasteiger partial charge in [-0.3, -0.25) is 9.59 Å². The second-order valence-electron chi connectivity index (χ2n) is 4.38. The molecule has 0 aliphatic carbocycles. The van der Waals surface area contributed by atoms with Gasteiger partial charge in [0.2, 0.25) is 16.1 Å². The molecule has 0 aromatic heterocycles. The fourth-order valence-electron chi connectivity index (χ4n) is 1.56. The van der Waals surface area contributed by atoms with Crippen LogP contribution in [-0.4, -0.2) is 66.5 Å². The zero-order valence-corrected chi connectivity index (χ0v) is 12.3. The number of Topliss-reactive ketones (excluding diaryl/α,β-unsaturated/α-hetero) is 2. The van der Waals surface area contributed by atoms with Crippen LogP contribution in [0.2, 0.25) is 0 Å². The molecule has 0 spiro atoms. The summed E-state index contributed by atoms with van der Waals surface area (Å²) in [6.45, 7) is -0.901. The Balaban J connectivity index is 2.96. The maximum absolute atomic E-state index is 12.0. The highest BCUT2D eigenvalue weighted by Crippen LogP contribution is 2.26. The number of ketones is 2. The lowest BCUT2D eigenvalue weighted by Gasteiger charge is -2.30.